The van der Waals surface area contributed by atoms with Crippen molar-refractivity contribution in [3.05, 3.63) is 77.9 Å². The van der Waals surface area contributed by atoms with Crippen LogP contribution < -0.4 is 10.2 Å². The maximum Gasteiger partial charge on any atom is 0.271 e. The molecule has 0 saturated heterocycles. The maximum absolute atomic E-state index is 12.2. The minimum atomic E-state index is -0.247. The van der Waals surface area contributed by atoms with E-state index in [0.29, 0.717) is 12.2 Å². The Labute approximate surface area is 147 Å². The smallest absolute Gasteiger partial charge is 0.271 e. The van der Waals surface area contributed by atoms with Crippen molar-refractivity contribution in [1.29, 1.82) is 0 Å². The topological polar surface area (TPSA) is 50.7 Å². The Balaban J connectivity index is 1.72. The predicted octanol–water partition coefficient (Wildman–Crippen LogP) is 4.39. The third kappa shape index (κ3) is 4.04. The SMILES string of the molecule is CCOc1ccc(C(=O)N/N=C(/C)c2ccc3ccccc3c2)cc1. The van der Waals surface area contributed by atoms with Gasteiger partial charge in [0.25, 0.3) is 5.91 Å². The van der Waals surface area contributed by atoms with Gasteiger partial charge in [0.1, 0.15) is 5.75 Å². The molecule has 0 bridgehead atoms. The first-order valence-corrected chi connectivity index (χ1v) is 8.24. The van der Waals surface area contributed by atoms with Gasteiger partial charge in [-0.25, -0.2) is 5.43 Å². The lowest BCUT2D eigenvalue weighted by Gasteiger charge is -2.06. The van der Waals surface area contributed by atoms with Gasteiger partial charge in [-0.05, 0) is 60.5 Å². The molecule has 0 fully saturated rings. The lowest BCUT2D eigenvalue weighted by Crippen LogP contribution is -2.19. The van der Waals surface area contributed by atoms with Gasteiger partial charge >= 0.3 is 0 Å². The summed E-state index contributed by atoms with van der Waals surface area (Å²) in [5.41, 5.74) is 4.88. The van der Waals surface area contributed by atoms with Crippen molar-refractivity contribution in [2.24, 2.45) is 5.10 Å². The van der Waals surface area contributed by atoms with Crippen LogP contribution in [0.15, 0.2) is 71.8 Å². The quantitative estimate of drug-likeness (QED) is 0.556. The molecule has 4 heteroatoms. The largest absolute Gasteiger partial charge is 0.494 e. The molecule has 1 N–H and O–H groups in total. The molecule has 1 amide bonds. The van der Waals surface area contributed by atoms with Crippen LogP contribution in [-0.2, 0) is 0 Å². The first-order chi connectivity index (χ1) is 12.2. The molecular weight excluding hydrogens is 312 g/mol. The van der Waals surface area contributed by atoms with Gasteiger partial charge in [-0.15, -0.1) is 0 Å². The van der Waals surface area contributed by atoms with Crippen LogP contribution in [0.1, 0.15) is 29.8 Å². The fourth-order valence-corrected chi connectivity index (χ4v) is 2.55. The van der Waals surface area contributed by atoms with Crippen LogP contribution in [0.25, 0.3) is 10.8 Å². The number of nitrogens with zero attached hydrogens (tertiary/aromatic N) is 1. The van der Waals surface area contributed by atoms with E-state index in [1.54, 1.807) is 24.3 Å². The van der Waals surface area contributed by atoms with Crippen LogP contribution in [0.2, 0.25) is 0 Å². The fraction of sp³-hybridized carbons (Fsp3) is 0.143. The molecule has 4 nitrogen and oxygen atoms in total. The van der Waals surface area contributed by atoms with Crippen LogP contribution in [0.4, 0.5) is 0 Å². The number of benzene rings is 3. The summed E-state index contributed by atoms with van der Waals surface area (Å²) in [4.78, 5) is 12.2. The van der Waals surface area contributed by atoms with Gasteiger partial charge in [0.15, 0.2) is 0 Å². The van der Waals surface area contributed by atoms with E-state index in [4.69, 9.17) is 4.74 Å². The number of rotatable bonds is 5. The lowest BCUT2D eigenvalue weighted by atomic mass is 10.0. The molecule has 0 unspecified atom stereocenters. The summed E-state index contributed by atoms with van der Waals surface area (Å²) in [6.07, 6.45) is 0. The molecule has 25 heavy (non-hydrogen) atoms. The van der Waals surface area contributed by atoms with Gasteiger partial charge < -0.3 is 4.74 Å². The standard InChI is InChI=1S/C21H20N2O2/c1-3-25-20-12-10-17(11-13-20)21(24)23-22-15(2)18-9-8-16-6-4-5-7-19(16)14-18/h4-14H,3H2,1-2H3,(H,23,24)/b22-15-. The monoisotopic (exact) mass is 332 g/mol. The van der Waals surface area contributed by atoms with Crippen LogP contribution >= 0.6 is 0 Å². The van der Waals surface area contributed by atoms with Crippen molar-refractivity contribution in [3.8, 4) is 5.75 Å². The normalized spacial score (nSPS) is 11.4. The zero-order valence-electron chi connectivity index (χ0n) is 14.3. The number of fused-ring (bicyclic) bond motifs is 1. The molecule has 0 spiro atoms. The van der Waals surface area contributed by atoms with E-state index >= 15 is 0 Å². The lowest BCUT2D eigenvalue weighted by molar-refractivity contribution is 0.0955. The second-order valence-electron chi connectivity index (χ2n) is 5.66. The third-order valence-corrected chi connectivity index (χ3v) is 3.92. The van der Waals surface area contributed by atoms with E-state index in [1.807, 2.05) is 32.0 Å². The summed E-state index contributed by atoms with van der Waals surface area (Å²) < 4.78 is 5.37. The number of hydrazone groups is 1. The number of hydrogen-bond donors (Lipinski definition) is 1. The Morgan fingerprint density at radius 2 is 1.64 bits per heavy atom. The summed E-state index contributed by atoms with van der Waals surface area (Å²) in [6.45, 7) is 4.40. The summed E-state index contributed by atoms with van der Waals surface area (Å²) >= 11 is 0. The number of ether oxygens (including phenoxy) is 1. The van der Waals surface area contributed by atoms with Gasteiger partial charge in [-0.1, -0.05) is 36.4 Å². The molecule has 3 rings (SSSR count). The van der Waals surface area contributed by atoms with Crippen molar-refractivity contribution >= 4 is 22.4 Å². The van der Waals surface area contributed by atoms with Gasteiger partial charge in [0, 0.05) is 5.56 Å². The number of carbonyl (C=O) groups is 1. The maximum atomic E-state index is 12.2. The molecule has 0 aromatic heterocycles. The molecule has 0 atom stereocenters. The Bertz CT molecular complexity index is 915. The summed E-state index contributed by atoms with van der Waals surface area (Å²) in [5, 5.41) is 6.55. The molecule has 0 aliphatic rings. The fourth-order valence-electron chi connectivity index (χ4n) is 2.55. The average molecular weight is 332 g/mol. The minimum Gasteiger partial charge on any atom is -0.494 e. The summed E-state index contributed by atoms with van der Waals surface area (Å²) in [7, 11) is 0. The number of carbonyl (C=O) groups excluding carboxylic acids is 1. The molecule has 0 saturated carbocycles. The highest BCUT2D eigenvalue weighted by molar-refractivity contribution is 6.03. The van der Waals surface area contributed by atoms with Crippen LogP contribution in [0.5, 0.6) is 5.75 Å². The number of nitrogens with one attached hydrogen (secondary N) is 1. The zero-order valence-corrected chi connectivity index (χ0v) is 14.3. The Kier molecular flexibility index (Phi) is 5.09. The number of hydrogen-bond acceptors (Lipinski definition) is 3. The minimum absolute atomic E-state index is 0.247. The van der Waals surface area contributed by atoms with Gasteiger partial charge in [-0.2, -0.15) is 5.10 Å². The van der Waals surface area contributed by atoms with Crippen LogP contribution in [0.3, 0.4) is 0 Å². The van der Waals surface area contributed by atoms with Crippen LogP contribution in [0, 0.1) is 0 Å². The zero-order chi connectivity index (χ0) is 17.6. The molecule has 3 aromatic carbocycles. The van der Waals surface area contributed by atoms with E-state index in [9.17, 15) is 4.79 Å². The summed E-state index contributed by atoms with van der Waals surface area (Å²) in [6, 6.07) is 21.3. The van der Waals surface area contributed by atoms with Crippen molar-refractivity contribution in [3.63, 3.8) is 0 Å². The Morgan fingerprint density at radius 3 is 2.36 bits per heavy atom. The second kappa shape index (κ2) is 7.62. The number of amides is 1. The van der Waals surface area contributed by atoms with Gasteiger partial charge in [0.2, 0.25) is 0 Å². The van der Waals surface area contributed by atoms with Crippen molar-refractivity contribution in [2.45, 2.75) is 13.8 Å². The van der Waals surface area contributed by atoms with Crippen molar-refractivity contribution < 1.29 is 9.53 Å². The molecule has 0 aliphatic heterocycles. The highest BCUT2D eigenvalue weighted by Gasteiger charge is 2.06. The molecule has 3 aromatic rings. The molecule has 126 valence electrons. The van der Waals surface area contributed by atoms with Gasteiger partial charge in [0.05, 0.1) is 12.3 Å². The predicted molar refractivity (Wildman–Crippen MR) is 101 cm³/mol. The molecule has 0 radical (unpaired) electrons. The van der Waals surface area contributed by atoms with Crippen molar-refractivity contribution in [1.82, 2.24) is 5.43 Å². The third-order valence-electron chi connectivity index (χ3n) is 3.92. The first-order valence-electron chi connectivity index (χ1n) is 8.24. The second-order valence-corrected chi connectivity index (χ2v) is 5.66. The molecular formula is C21H20N2O2. The molecule has 0 heterocycles. The van der Waals surface area contributed by atoms with Gasteiger partial charge in [-0.3, -0.25) is 4.79 Å². The Hall–Kier alpha value is -3.14. The van der Waals surface area contributed by atoms with E-state index in [2.05, 4.69) is 34.8 Å². The average Bonchev–Trinajstić information content (AvgIpc) is 2.66. The van der Waals surface area contributed by atoms with E-state index in [1.165, 1.54) is 5.39 Å². The molecule has 0 aliphatic carbocycles. The van der Waals surface area contributed by atoms with Crippen LogP contribution in [-0.4, -0.2) is 18.2 Å². The van der Waals surface area contributed by atoms with E-state index in [-0.39, 0.29) is 5.91 Å². The first kappa shape index (κ1) is 16.7. The highest BCUT2D eigenvalue weighted by atomic mass is 16.5. The summed E-state index contributed by atoms with van der Waals surface area (Å²) in [5.74, 6) is 0.498. The van der Waals surface area contributed by atoms with E-state index in [0.717, 1.165) is 22.4 Å². The highest BCUT2D eigenvalue weighted by Crippen LogP contribution is 2.16. The Morgan fingerprint density at radius 1 is 0.960 bits per heavy atom. The van der Waals surface area contributed by atoms with Crippen molar-refractivity contribution in [2.75, 3.05) is 6.61 Å². The van der Waals surface area contributed by atoms with E-state index < -0.39 is 0 Å².